The number of hydrogen-bond donors (Lipinski definition) is 1. The molecule has 0 radical (unpaired) electrons. The maximum absolute atomic E-state index is 14.4. The second-order valence-corrected chi connectivity index (χ2v) is 20.4. The van der Waals surface area contributed by atoms with E-state index in [0.717, 1.165) is 57.7 Å². The zero-order valence-corrected chi connectivity index (χ0v) is 42.0. The number of aromatic nitrogens is 4. The number of aliphatic carboxylic acids is 1. The minimum absolute atomic E-state index is 0.0158. The lowest BCUT2D eigenvalue weighted by Crippen LogP contribution is -2.49. The lowest BCUT2D eigenvalue weighted by molar-refractivity contribution is -0.145. The average Bonchev–Trinajstić information content (AvgIpc) is 4.05. The molecule has 3 aromatic heterocycles. The van der Waals surface area contributed by atoms with Gasteiger partial charge in [-0.25, -0.2) is 29.1 Å². The molecule has 6 aromatic rings. The van der Waals surface area contributed by atoms with Crippen LogP contribution in [0, 0.1) is 19.7 Å². The number of rotatable bonds is 11. The van der Waals surface area contributed by atoms with Crippen molar-refractivity contribution in [2.24, 2.45) is 0 Å². The first kappa shape index (κ1) is 49.3. The number of carboxylic acid groups (broad SMARTS) is 1. The molecule has 1 aliphatic carbocycles. The number of halogens is 3. The molecule has 0 amide bonds. The van der Waals surface area contributed by atoms with Crippen LogP contribution in [0.1, 0.15) is 59.8 Å². The van der Waals surface area contributed by atoms with Crippen molar-refractivity contribution in [3.05, 3.63) is 105 Å². The second kappa shape index (κ2) is 21.9. The smallest absolute Gasteiger partial charge is 0.345 e. The van der Waals surface area contributed by atoms with E-state index in [1.54, 1.807) is 36.5 Å². The molecule has 15 nitrogen and oxygen atoms in total. The summed E-state index contributed by atoms with van der Waals surface area (Å²) in [6, 6.07) is 13.3. The molecule has 3 fully saturated rings. The largest absolute Gasteiger partial charge is 0.490 e. The summed E-state index contributed by atoms with van der Waals surface area (Å²) in [5.41, 5.74) is 4.48. The van der Waals surface area contributed by atoms with Crippen LogP contribution in [0.25, 0.3) is 31.8 Å². The van der Waals surface area contributed by atoms with Crippen molar-refractivity contribution in [1.82, 2.24) is 29.7 Å². The van der Waals surface area contributed by atoms with Gasteiger partial charge in [0.15, 0.2) is 5.75 Å². The third-order valence-electron chi connectivity index (χ3n) is 13.7. The number of ether oxygens (including phenoxy) is 7. The van der Waals surface area contributed by atoms with Crippen molar-refractivity contribution in [1.29, 1.82) is 0 Å². The van der Waals surface area contributed by atoms with Gasteiger partial charge in [0, 0.05) is 67.3 Å². The van der Waals surface area contributed by atoms with E-state index >= 15 is 0 Å². The van der Waals surface area contributed by atoms with Crippen LogP contribution in [0.3, 0.4) is 0 Å². The quantitative estimate of drug-likeness (QED) is 0.131. The number of hydrogen-bond acceptors (Lipinski definition) is 15. The van der Waals surface area contributed by atoms with Gasteiger partial charge in [0.2, 0.25) is 12.0 Å². The SMILES string of the molecule is Cc1c(Cl)c2c(Cl)c(C)c1-c1c(-c3ccc(F)cc3)sc3ncnc(c13)O[C@@H](C(=O)O)Cc1cc(ccc1OCc1ccnc([C@H]3CC[C@H](OCC4COCO4)CC3)n1)OC[C@@H](CN1CCN(C)CC1)O2. The normalized spacial score (nSPS) is 22.1. The Morgan fingerprint density at radius 1 is 0.915 bits per heavy atom. The zero-order valence-electron chi connectivity index (χ0n) is 39.7. The minimum atomic E-state index is -1.46. The van der Waals surface area contributed by atoms with Gasteiger partial charge in [-0.1, -0.05) is 35.3 Å². The molecule has 4 bridgehead atoms. The standard InChI is InChI=1S/C52H55Cl2FN6O9S/c1-29-42-30(2)46(54)47(45(29)53)69-38(22-61-18-16-60(3)17-19-61)25-66-37-12-13-40(67-23-35-14-15-56-49(59-35)32-6-10-36(11-7-32)65-26-39-24-64-28-68-39)33(20-37)21-41(52(62)63)70-50-44-43(42)48(71-51(44)58-27-57-50)31-4-8-34(55)9-5-31/h4-5,8-9,12-15,20,27,32,36,38-39,41H,6-7,10-11,16-19,21-26,28H2,1-3H3,(H,62,63)/t32-,36-,38-,39?,41-/m1/s1. The molecule has 3 aromatic carbocycles. The van der Waals surface area contributed by atoms with E-state index in [4.69, 9.17) is 61.3 Å². The van der Waals surface area contributed by atoms with Crippen LogP contribution in [-0.4, -0.2) is 132 Å². The average molecular weight is 1030 g/mol. The topological polar surface area (TPSA) is 160 Å². The van der Waals surface area contributed by atoms with Crippen molar-refractivity contribution >= 4 is 50.7 Å². The number of fused-ring (bicyclic) bond motifs is 7. The highest BCUT2D eigenvalue weighted by molar-refractivity contribution is 7.22. The summed E-state index contributed by atoms with van der Waals surface area (Å²) in [5.74, 6) is 0.556. The number of carbonyl (C=O) groups is 1. The Morgan fingerprint density at radius 3 is 2.42 bits per heavy atom. The fraction of sp³-hybridized carbons (Fsp3) is 0.442. The Bertz CT molecular complexity index is 2840. The highest BCUT2D eigenvalue weighted by Crippen LogP contribution is 2.53. The molecular formula is C52H55Cl2FN6O9S. The molecular weight excluding hydrogens is 975 g/mol. The van der Waals surface area contributed by atoms with Gasteiger partial charge in [-0.15, -0.1) is 11.3 Å². The van der Waals surface area contributed by atoms with Crippen LogP contribution in [0.2, 0.25) is 10.0 Å². The summed E-state index contributed by atoms with van der Waals surface area (Å²) in [6.07, 6.45) is 4.68. The van der Waals surface area contributed by atoms with Gasteiger partial charge in [0.05, 0.1) is 40.4 Å². The predicted octanol–water partition coefficient (Wildman–Crippen LogP) is 9.33. The van der Waals surface area contributed by atoms with E-state index < -0.39 is 24.0 Å². The molecule has 11 rings (SSSR count). The fourth-order valence-electron chi connectivity index (χ4n) is 9.75. The minimum Gasteiger partial charge on any atom is -0.490 e. The molecule has 2 saturated heterocycles. The van der Waals surface area contributed by atoms with Gasteiger partial charge in [-0.05, 0) is 105 Å². The summed E-state index contributed by atoms with van der Waals surface area (Å²) in [5, 5.41) is 12.0. The molecule has 1 unspecified atom stereocenters. The summed E-state index contributed by atoms with van der Waals surface area (Å²) in [6.45, 7) is 9.37. The van der Waals surface area contributed by atoms with E-state index in [0.29, 0.717) is 108 Å². The van der Waals surface area contributed by atoms with Gasteiger partial charge >= 0.3 is 5.97 Å². The molecule has 0 spiro atoms. The predicted molar refractivity (Wildman–Crippen MR) is 267 cm³/mol. The van der Waals surface area contributed by atoms with Crippen molar-refractivity contribution in [3.63, 3.8) is 0 Å². The second-order valence-electron chi connectivity index (χ2n) is 18.6. The highest BCUT2D eigenvalue weighted by atomic mass is 35.5. The van der Waals surface area contributed by atoms with Crippen LogP contribution in [0.5, 0.6) is 23.1 Å². The molecule has 7 heterocycles. The number of piperazine rings is 1. The van der Waals surface area contributed by atoms with E-state index in [1.807, 2.05) is 19.9 Å². The van der Waals surface area contributed by atoms with Gasteiger partial charge in [-0.3, -0.25) is 4.90 Å². The molecule has 19 heteroatoms. The summed E-state index contributed by atoms with van der Waals surface area (Å²) in [4.78, 5) is 38.0. The monoisotopic (exact) mass is 1030 g/mol. The number of benzene rings is 3. The summed E-state index contributed by atoms with van der Waals surface area (Å²) in [7, 11) is 2.11. The molecule has 4 aliphatic heterocycles. The van der Waals surface area contributed by atoms with Crippen LogP contribution < -0.4 is 18.9 Å². The number of carboxylic acids is 1. The van der Waals surface area contributed by atoms with Crippen LogP contribution in [0.4, 0.5) is 4.39 Å². The Morgan fingerprint density at radius 2 is 1.69 bits per heavy atom. The van der Waals surface area contributed by atoms with Crippen LogP contribution >= 0.6 is 34.5 Å². The Labute approximate surface area is 425 Å². The van der Waals surface area contributed by atoms with Crippen LogP contribution in [-0.2, 0) is 32.0 Å². The third-order valence-corrected chi connectivity index (χ3v) is 15.8. The van der Waals surface area contributed by atoms with Crippen molar-refractivity contribution in [2.45, 2.75) is 82.9 Å². The molecule has 374 valence electrons. The Balaban J connectivity index is 0.996. The zero-order chi connectivity index (χ0) is 49.2. The summed E-state index contributed by atoms with van der Waals surface area (Å²) >= 11 is 16.0. The van der Waals surface area contributed by atoms with Gasteiger partial charge in [0.1, 0.15) is 66.5 Å². The van der Waals surface area contributed by atoms with Gasteiger partial charge in [0.25, 0.3) is 0 Å². The highest BCUT2D eigenvalue weighted by Gasteiger charge is 2.33. The summed E-state index contributed by atoms with van der Waals surface area (Å²) < 4.78 is 57.8. The lowest BCUT2D eigenvalue weighted by Gasteiger charge is -2.35. The first-order valence-corrected chi connectivity index (χ1v) is 25.5. The van der Waals surface area contributed by atoms with E-state index in [-0.39, 0.29) is 43.6 Å². The van der Waals surface area contributed by atoms with Crippen LogP contribution in [0.15, 0.2) is 61.1 Å². The first-order chi connectivity index (χ1) is 34.4. The number of likely N-dealkylation sites (N-methyl/N-ethyl adjacent to an activating group) is 1. The Kier molecular flexibility index (Phi) is 15.2. The maximum atomic E-state index is 14.4. The van der Waals surface area contributed by atoms with E-state index in [2.05, 4.69) is 31.8 Å². The maximum Gasteiger partial charge on any atom is 0.345 e. The van der Waals surface area contributed by atoms with E-state index in [1.165, 1.54) is 29.8 Å². The lowest BCUT2D eigenvalue weighted by atomic mass is 9.86. The van der Waals surface area contributed by atoms with Crippen molar-refractivity contribution in [2.75, 3.05) is 66.4 Å². The van der Waals surface area contributed by atoms with E-state index in [9.17, 15) is 14.3 Å². The molecule has 5 aliphatic rings. The first-order valence-electron chi connectivity index (χ1n) is 24.0. The van der Waals surface area contributed by atoms with Gasteiger partial charge < -0.3 is 43.2 Å². The van der Waals surface area contributed by atoms with Crippen molar-refractivity contribution < 1.29 is 47.4 Å². The number of thiophene rings is 1. The molecule has 1 saturated carbocycles. The van der Waals surface area contributed by atoms with Gasteiger partial charge in [-0.2, -0.15) is 0 Å². The molecule has 71 heavy (non-hydrogen) atoms. The number of nitrogens with zero attached hydrogens (tertiary/aromatic N) is 6. The third kappa shape index (κ3) is 11.1. The molecule has 3 atom stereocenters. The Hall–Kier alpha value is -5.24. The van der Waals surface area contributed by atoms with Crippen molar-refractivity contribution in [3.8, 4) is 44.7 Å². The fourth-order valence-corrected chi connectivity index (χ4v) is 11.4. The molecule has 1 N–H and O–H groups in total.